The van der Waals surface area contributed by atoms with Gasteiger partial charge in [0.25, 0.3) is 0 Å². The minimum atomic E-state index is -4.96. The van der Waals surface area contributed by atoms with Crippen LogP contribution in [0.3, 0.4) is 0 Å². The predicted octanol–water partition coefficient (Wildman–Crippen LogP) is 23.5. The molecule has 0 saturated heterocycles. The van der Waals surface area contributed by atoms with Crippen molar-refractivity contribution in [1.29, 1.82) is 0 Å². The Kier molecular flexibility index (Phi) is 69.3. The average Bonchev–Trinajstić information content (AvgIpc) is 1.27. The van der Waals surface area contributed by atoms with Gasteiger partial charge >= 0.3 is 39.5 Å². The Morgan fingerprint density at radius 3 is 0.694 bits per heavy atom. The molecule has 0 aromatic heterocycles. The molecule has 0 aromatic carbocycles. The Balaban J connectivity index is 5.12. The third kappa shape index (κ3) is 72.4. The van der Waals surface area contributed by atoms with Crippen molar-refractivity contribution in [1.82, 2.24) is 0 Å². The van der Waals surface area contributed by atoms with Gasteiger partial charge in [0, 0.05) is 25.7 Å². The molecule has 0 aliphatic carbocycles. The van der Waals surface area contributed by atoms with Gasteiger partial charge in [-0.05, 0) is 37.5 Å². The highest BCUT2D eigenvalue weighted by atomic mass is 31.2. The number of hydrogen-bond acceptors (Lipinski definition) is 15. The van der Waals surface area contributed by atoms with Gasteiger partial charge in [0.2, 0.25) is 0 Å². The molecule has 0 saturated carbocycles. The Morgan fingerprint density at radius 2 is 0.469 bits per heavy atom. The van der Waals surface area contributed by atoms with Gasteiger partial charge in [-0.15, -0.1) is 0 Å². The van der Waals surface area contributed by atoms with Crippen LogP contribution in [-0.2, 0) is 65.4 Å². The van der Waals surface area contributed by atoms with E-state index < -0.39 is 97.5 Å². The van der Waals surface area contributed by atoms with E-state index in [1.807, 2.05) is 0 Å². The van der Waals surface area contributed by atoms with E-state index in [9.17, 15) is 43.2 Å². The van der Waals surface area contributed by atoms with Crippen LogP contribution < -0.4 is 0 Å². The fourth-order valence-corrected chi connectivity index (χ4v) is 13.8. The minimum Gasteiger partial charge on any atom is -0.462 e. The van der Waals surface area contributed by atoms with Crippen molar-refractivity contribution >= 4 is 39.5 Å². The molecule has 0 aliphatic rings. The third-order valence-electron chi connectivity index (χ3n) is 18.5. The quantitative estimate of drug-likeness (QED) is 0.0222. The number of unbranched alkanes of at least 4 members (excludes halogenated alkanes) is 48. The lowest BCUT2D eigenvalue weighted by Gasteiger charge is -2.21. The summed E-state index contributed by atoms with van der Waals surface area (Å²) in [5.41, 5.74) is 0. The molecule has 0 amide bonds. The van der Waals surface area contributed by atoms with Crippen molar-refractivity contribution in [3.8, 4) is 0 Å². The van der Waals surface area contributed by atoms with E-state index in [2.05, 4.69) is 41.5 Å². The summed E-state index contributed by atoms with van der Waals surface area (Å²) in [5, 5.41) is 10.6. The van der Waals surface area contributed by atoms with E-state index in [1.54, 1.807) is 0 Å². The molecule has 2 unspecified atom stereocenters. The largest absolute Gasteiger partial charge is 0.472 e. The highest BCUT2D eigenvalue weighted by Crippen LogP contribution is 2.45. The number of hydrogen-bond donors (Lipinski definition) is 3. The Bertz CT molecular complexity index is 1890. The first-order valence-electron chi connectivity index (χ1n) is 41.0. The van der Waals surface area contributed by atoms with Crippen LogP contribution in [0.25, 0.3) is 0 Å². The Hall–Kier alpha value is -1.94. The number of phosphoric acid groups is 2. The van der Waals surface area contributed by atoms with Gasteiger partial charge < -0.3 is 33.8 Å². The molecule has 582 valence electrons. The fraction of sp³-hybridized carbons (Fsp3) is 0.949. The summed E-state index contributed by atoms with van der Waals surface area (Å²) < 4.78 is 68.4. The van der Waals surface area contributed by atoms with E-state index in [-0.39, 0.29) is 25.7 Å². The molecule has 0 fully saturated rings. The maximum Gasteiger partial charge on any atom is 0.472 e. The molecule has 17 nitrogen and oxygen atoms in total. The summed E-state index contributed by atoms with van der Waals surface area (Å²) in [6.45, 7) is 9.60. The van der Waals surface area contributed by atoms with Crippen LogP contribution in [0, 0.1) is 11.8 Å². The molecule has 3 N–H and O–H groups in total. The number of aliphatic hydroxyl groups excluding tert-OH is 1. The molecular formula is C79H154O17P2. The molecule has 0 aromatic rings. The van der Waals surface area contributed by atoms with Crippen LogP contribution in [-0.4, -0.2) is 96.7 Å². The number of phosphoric ester groups is 2. The molecule has 19 heteroatoms. The van der Waals surface area contributed by atoms with Gasteiger partial charge in [0.15, 0.2) is 12.2 Å². The number of carbonyl (C=O) groups excluding carboxylic acids is 4. The zero-order chi connectivity index (χ0) is 72.1. The molecular weight excluding hydrogens is 1280 g/mol. The second-order valence-electron chi connectivity index (χ2n) is 29.4. The summed E-state index contributed by atoms with van der Waals surface area (Å²) in [5.74, 6) is -0.495. The monoisotopic (exact) mass is 1440 g/mol. The minimum absolute atomic E-state index is 0.107. The Morgan fingerprint density at radius 1 is 0.276 bits per heavy atom. The van der Waals surface area contributed by atoms with Crippen LogP contribution in [0.5, 0.6) is 0 Å². The molecule has 0 aliphatic heterocycles. The maximum absolute atomic E-state index is 13.1. The van der Waals surface area contributed by atoms with Crippen molar-refractivity contribution in [2.24, 2.45) is 11.8 Å². The number of aliphatic hydroxyl groups is 1. The number of esters is 4. The van der Waals surface area contributed by atoms with E-state index in [4.69, 9.17) is 37.0 Å². The normalized spacial score (nSPS) is 13.9. The van der Waals surface area contributed by atoms with Gasteiger partial charge in [-0.25, -0.2) is 9.13 Å². The lowest BCUT2D eigenvalue weighted by molar-refractivity contribution is -0.161. The first-order valence-corrected chi connectivity index (χ1v) is 44.0. The van der Waals surface area contributed by atoms with E-state index in [0.29, 0.717) is 25.7 Å². The zero-order valence-electron chi connectivity index (χ0n) is 64.1. The van der Waals surface area contributed by atoms with Crippen molar-refractivity contribution in [2.75, 3.05) is 39.6 Å². The van der Waals surface area contributed by atoms with E-state index in [1.165, 1.54) is 225 Å². The first-order chi connectivity index (χ1) is 47.4. The fourth-order valence-electron chi connectivity index (χ4n) is 12.2. The molecule has 5 atom stereocenters. The maximum atomic E-state index is 13.1. The molecule has 98 heavy (non-hydrogen) atoms. The van der Waals surface area contributed by atoms with Crippen molar-refractivity contribution in [2.45, 2.75) is 432 Å². The van der Waals surface area contributed by atoms with Crippen LogP contribution in [0.15, 0.2) is 0 Å². The number of carbonyl (C=O) groups is 4. The molecule has 0 bridgehead atoms. The van der Waals surface area contributed by atoms with Gasteiger partial charge in [-0.3, -0.25) is 37.3 Å². The van der Waals surface area contributed by atoms with Crippen molar-refractivity contribution in [3.63, 3.8) is 0 Å². The summed E-state index contributed by atoms with van der Waals surface area (Å²) in [7, 11) is -9.90. The first kappa shape index (κ1) is 96.1. The lowest BCUT2D eigenvalue weighted by atomic mass is 10.0. The Labute approximate surface area is 600 Å². The molecule has 0 rings (SSSR count). The second kappa shape index (κ2) is 70.7. The summed E-state index contributed by atoms with van der Waals surface area (Å²) in [4.78, 5) is 72.6. The second-order valence-corrected chi connectivity index (χ2v) is 32.3. The van der Waals surface area contributed by atoms with Crippen LogP contribution in [0.4, 0.5) is 0 Å². The summed E-state index contributed by atoms with van der Waals surface area (Å²) in [6.07, 6.45) is 60.1. The van der Waals surface area contributed by atoms with Gasteiger partial charge in [-0.1, -0.05) is 363 Å². The van der Waals surface area contributed by atoms with Gasteiger partial charge in [0.1, 0.15) is 19.3 Å². The zero-order valence-corrected chi connectivity index (χ0v) is 65.9. The van der Waals surface area contributed by atoms with Crippen LogP contribution in [0.2, 0.25) is 0 Å². The number of ether oxygens (including phenoxy) is 4. The topological polar surface area (TPSA) is 237 Å². The highest BCUT2D eigenvalue weighted by Gasteiger charge is 2.30. The lowest BCUT2D eigenvalue weighted by Crippen LogP contribution is -2.30. The standard InChI is InChI=1S/C79H154O17P2/c1-7-9-11-13-14-15-16-17-29-35-40-45-51-57-63-78(83)95-74(67-89-76(81)61-55-47-12-10-8-2)69-93-97(85,86)91-65-73(80)66-92-98(87,88)94-70-75(68-90-77(82)62-56-50-44-39-34-30-26-22-24-28-33-38-43-49-54-60-72(5)6)96-79(84)64-58-52-46-41-36-31-25-21-19-18-20-23-27-32-37-42-48-53-59-71(3)4/h71-75,80H,7-70H2,1-6H3,(H,85,86)(H,87,88)/t73-,74+,75+/m0/s1. The van der Waals surface area contributed by atoms with E-state index in [0.717, 1.165) is 108 Å². The summed E-state index contributed by atoms with van der Waals surface area (Å²) in [6, 6.07) is 0. The molecule has 0 heterocycles. The SMILES string of the molecule is CCCCCCCCCCCCCCCCC(=O)O[C@H](COC(=O)CCCCCCC)COP(=O)(O)OC[C@H](O)COP(=O)(O)OC[C@@H](COC(=O)CCCCCCCCCCCCCCCCCC(C)C)OC(=O)CCCCCCCCCCCCCCCCCCCCC(C)C. The van der Waals surface area contributed by atoms with Crippen LogP contribution in [0.1, 0.15) is 414 Å². The molecule has 0 spiro atoms. The van der Waals surface area contributed by atoms with E-state index >= 15 is 0 Å². The number of rotatable bonds is 78. The predicted molar refractivity (Wildman–Crippen MR) is 400 cm³/mol. The molecule has 0 radical (unpaired) electrons. The van der Waals surface area contributed by atoms with Crippen LogP contribution >= 0.6 is 15.6 Å². The van der Waals surface area contributed by atoms with Gasteiger partial charge in [-0.2, -0.15) is 0 Å². The van der Waals surface area contributed by atoms with Gasteiger partial charge in [0.05, 0.1) is 26.4 Å². The van der Waals surface area contributed by atoms with Crippen molar-refractivity contribution in [3.05, 3.63) is 0 Å². The van der Waals surface area contributed by atoms with Crippen molar-refractivity contribution < 1.29 is 80.2 Å². The third-order valence-corrected chi connectivity index (χ3v) is 20.4. The average molecular weight is 1440 g/mol. The smallest absolute Gasteiger partial charge is 0.462 e. The highest BCUT2D eigenvalue weighted by molar-refractivity contribution is 7.47. The summed E-state index contributed by atoms with van der Waals surface area (Å²) >= 11 is 0.